The zero-order valence-corrected chi connectivity index (χ0v) is 17.8. The number of fused-ring (bicyclic) bond motifs is 2. The number of para-hydroxylation sites is 3. The van der Waals surface area contributed by atoms with E-state index in [0.717, 1.165) is 4.57 Å². The molecule has 162 valence electrons. The minimum absolute atomic E-state index is 0.198. The molecule has 8 nitrogen and oxygen atoms in total. The maximum atomic E-state index is 13.0. The van der Waals surface area contributed by atoms with Gasteiger partial charge in [0.15, 0.2) is 11.5 Å². The maximum Gasteiger partial charge on any atom is 0.329 e. The summed E-state index contributed by atoms with van der Waals surface area (Å²) in [6.07, 6.45) is 1.89. The van der Waals surface area contributed by atoms with Gasteiger partial charge in [-0.3, -0.25) is 9.59 Å². The summed E-state index contributed by atoms with van der Waals surface area (Å²) in [5.74, 6) is 1.50. The van der Waals surface area contributed by atoms with Crippen LogP contribution in [-0.4, -0.2) is 46.7 Å². The van der Waals surface area contributed by atoms with Crippen LogP contribution in [-0.2, 0) is 4.79 Å². The predicted molar refractivity (Wildman–Crippen MR) is 120 cm³/mol. The molecule has 2 N–H and O–H groups in total. The number of carbonyl (C=O) groups excluding carboxylic acids is 1. The second-order valence-electron chi connectivity index (χ2n) is 7.19. The first kappa shape index (κ1) is 21.0. The molecule has 31 heavy (non-hydrogen) atoms. The number of nitrogens with one attached hydrogen (secondary N) is 2. The molecule has 1 amide bonds. The highest BCUT2D eigenvalue weighted by Gasteiger charge is 2.27. The van der Waals surface area contributed by atoms with Gasteiger partial charge in [-0.1, -0.05) is 24.3 Å². The van der Waals surface area contributed by atoms with Gasteiger partial charge in [0.1, 0.15) is 18.8 Å². The minimum Gasteiger partial charge on any atom is -0.486 e. The molecule has 0 saturated carbocycles. The largest absolute Gasteiger partial charge is 0.486 e. The monoisotopic (exact) mass is 441 g/mol. The summed E-state index contributed by atoms with van der Waals surface area (Å²) in [7, 11) is 0. The molecule has 3 aromatic rings. The molecule has 1 aliphatic rings. The van der Waals surface area contributed by atoms with Crippen molar-refractivity contribution in [3.05, 3.63) is 69.4 Å². The number of ether oxygens (including phenoxy) is 2. The van der Waals surface area contributed by atoms with Crippen LogP contribution in [0.2, 0.25) is 0 Å². The molecule has 2 heterocycles. The number of aromatic nitrogens is 2. The number of H-pyrrole nitrogens is 1. The Morgan fingerprint density at radius 2 is 1.94 bits per heavy atom. The number of aromatic amines is 1. The molecule has 0 spiro atoms. The molecule has 9 heteroatoms. The summed E-state index contributed by atoms with van der Waals surface area (Å²) in [6.45, 7) is 0.493. The highest BCUT2D eigenvalue weighted by atomic mass is 32.2. The molecule has 0 unspecified atom stereocenters. The van der Waals surface area contributed by atoms with Gasteiger partial charge in [-0.25, -0.2) is 9.36 Å². The quantitative estimate of drug-likeness (QED) is 0.581. The van der Waals surface area contributed by atoms with Gasteiger partial charge >= 0.3 is 5.69 Å². The molecule has 0 bridgehead atoms. The van der Waals surface area contributed by atoms with Crippen molar-refractivity contribution in [3.8, 4) is 11.5 Å². The number of benzene rings is 2. The van der Waals surface area contributed by atoms with E-state index in [4.69, 9.17) is 9.47 Å². The zero-order chi connectivity index (χ0) is 21.8. The van der Waals surface area contributed by atoms with E-state index in [9.17, 15) is 14.4 Å². The SMILES string of the molecule is CSCC[C@@H](C(=O)NC[C@@H]1COc2ccccc2O1)n1c(=O)[nH]c2ccccc2c1=O. The third kappa shape index (κ3) is 4.46. The summed E-state index contributed by atoms with van der Waals surface area (Å²) in [5, 5.41) is 3.19. The fraction of sp³-hybridized carbons (Fsp3) is 0.318. The Labute approximate surface area is 182 Å². The Balaban J connectivity index is 1.55. The number of nitrogens with zero attached hydrogens (tertiary/aromatic N) is 1. The molecule has 0 radical (unpaired) electrons. The van der Waals surface area contributed by atoms with Gasteiger partial charge < -0.3 is 19.8 Å². The number of rotatable bonds is 7. The fourth-order valence-electron chi connectivity index (χ4n) is 3.56. The topological polar surface area (TPSA) is 102 Å². The van der Waals surface area contributed by atoms with E-state index in [0.29, 0.717) is 41.2 Å². The Morgan fingerprint density at radius 3 is 2.74 bits per heavy atom. The van der Waals surface area contributed by atoms with Gasteiger partial charge in [-0.15, -0.1) is 0 Å². The number of hydrogen-bond donors (Lipinski definition) is 2. The lowest BCUT2D eigenvalue weighted by Gasteiger charge is -2.27. The van der Waals surface area contributed by atoms with Gasteiger partial charge in [0, 0.05) is 0 Å². The standard InChI is InChI=1S/C22H23N3O5S/c1-31-11-10-17(25-21(27)15-6-2-3-7-16(15)24-22(25)28)20(26)23-12-14-13-29-18-8-4-5-9-19(18)30-14/h2-9,14,17H,10-13H2,1H3,(H,23,26)(H,24,28)/t14-,17+/m1/s1. The second kappa shape index (κ2) is 9.30. The van der Waals surface area contributed by atoms with Crippen LogP contribution in [0.15, 0.2) is 58.1 Å². The summed E-state index contributed by atoms with van der Waals surface area (Å²) in [5.41, 5.74) is -0.632. The normalized spacial score (nSPS) is 16.1. The summed E-state index contributed by atoms with van der Waals surface area (Å²) < 4.78 is 12.6. The third-order valence-electron chi connectivity index (χ3n) is 5.12. The molecule has 4 rings (SSSR count). The van der Waals surface area contributed by atoms with Crippen LogP contribution in [0.3, 0.4) is 0 Å². The van der Waals surface area contributed by atoms with Gasteiger partial charge in [0.2, 0.25) is 5.91 Å². The van der Waals surface area contributed by atoms with Crippen LogP contribution in [0.1, 0.15) is 12.5 Å². The number of carbonyl (C=O) groups is 1. The first-order valence-electron chi connectivity index (χ1n) is 9.97. The molecule has 0 aliphatic carbocycles. The van der Waals surface area contributed by atoms with Crippen LogP contribution < -0.4 is 26.0 Å². The zero-order valence-electron chi connectivity index (χ0n) is 17.0. The van der Waals surface area contributed by atoms with E-state index < -0.39 is 23.2 Å². The van der Waals surface area contributed by atoms with E-state index in [-0.39, 0.29) is 12.6 Å². The van der Waals surface area contributed by atoms with Gasteiger partial charge in [0.05, 0.1) is 17.4 Å². The van der Waals surface area contributed by atoms with Crippen molar-refractivity contribution in [2.75, 3.05) is 25.2 Å². The van der Waals surface area contributed by atoms with Crippen molar-refractivity contribution >= 4 is 28.6 Å². The molecular weight excluding hydrogens is 418 g/mol. The average Bonchev–Trinajstić information content (AvgIpc) is 2.79. The molecule has 0 fully saturated rings. The fourth-order valence-corrected chi connectivity index (χ4v) is 4.02. The predicted octanol–water partition coefficient (Wildman–Crippen LogP) is 1.94. The van der Waals surface area contributed by atoms with Crippen molar-refractivity contribution in [3.63, 3.8) is 0 Å². The molecule has 0 saturated heterocycles. The third-order valence-corrected chi connectivity index (χ3v) is 5.76. The van der Waals surface area contributed by atoms with Crippen molar-refractivity contribution in [1.29, 1.82) is 0 Å². The lowest BCUT2D eigenvalue weighted by molar-refractivity contribution is -0.125. The highest BCUT2D eigenvalue weighted by Crippen LogP contribution is 2.30. The lowest BCUT2D eigenvalue weighted by atomic mass is 10.1. The van der Waals surface area contributed by atoms with E-state index >= 15 is 0 Å². The van der Waals surface area contributed by atoms with Crippen molar-refractivity contribution < 1.29 is 14.3 Å². The van der Waals surface area contributed by atoms with Gasteiger partial charge in [-0.05, 0) is 42.7 Å². The van der Waals surface area contributed by atoms with Crippen molar-refractivity contribution in [2.24, 2.45) is 0 Å². The Bertz CT molecular complexity index is 1210. The Morgan fingerprint density at radius 1 is 1.19 bits per heavy atom. The number of hydrogen-bond acceptors (Lipinski definition) is 6. The minimum atomic E-state index is -0.926. The molecule has 1 aliphatic heterocycles. The summed E-state index contributed by atoms with van der Waals surface area (Å²) >= 11 is 1.54. The smallest absolute Gasteiger partial charge is 0.329 e. The molecular formula is C22H23N3O5S. The van der Waals surface area contributed by atoms with E-state index in [1.54, 1.807) is 42.1 Å². The first-order valence-corrected chi connectivity index (χ1v) is 11.4. The molecule has 1 aromatic heterocycles. The summed E-state index contributed by atoms with van der Waals surface area (Å²) in [6, 6.07) is 13.2. The number of thioether (sulfide) groups is 1. The second-order valence-corrected chi connectivity index (χ2v) is 8.18. The summed E-state index contributed by atoms with van der Waals surface area (Å²) in [4.78, 5) is 41.4. The van der Waals surface area contributed by atoms with Crippen LogP contribution in [0, 0.1) is 0 Å². The molecule has 2 aromatic carbocycles. The molecule has 2 atom stereocenters. The van der Waals surface area contributed by atoms with Crippen LogP contribution in [0.25, 0.3) is 10.9 Å². The Kier molecular flexibility index (Phi) is 6.31. The Hall–Kier alpha value is -3.20. The van der Waals surface area contributed by atoms with Crippen LogP contribution in [0.5, 0.6) is 11.5 Å². The van der Waals surface area contributed by atoms with E-state index in [1.807, 2.05) is 24.5 Å². The van der Waals surface area contributed by atoms with E-state index in [2.05, 4.69) is 10.3 Å². The van der Waals surface area contributed by atoms with Crippen molar-refractivity contribution in [2.45, 2.75) is 18.6 Å². The van der Waals surface area contributed by atoms with Gasteiger partial charge in [0.25, 0.3) is 5.56 Å². The first-order chi connectivity index (χ1) is 15.1. The maximum absolute atomic E-state index is 13.0. The average molecular weight is 442 g/mol. The van der Waals surface area contributed by atoms with Crippen molar-refractivity contribution in [1.82, 2.24) is 14.9 Å². The van der Waals surface area contributed by atoms with Crippen LogP contribution in [0.4, 0.5) is 0 Å². The van der Waals surface area contributed by atoms with Crippen LogP contribution >= 0.6 is 11.8 Å². The van der Waals surface area contributed by atoms with E-state index in [1.165, 1.54) is 0 Å². The highest BCUT2D eigenvalue weighted by molar-refractivity contribution is 7.98. The van der Waals surface area contributed by atoms with Gasteiger partial charge in [-0.2, -0.15) is 11.8 Å². The number of amides is 1. The lowest BCUT2D eigenvalue weighted by Crippen LogP contribution is -2.47.